The summed E-state index contributed by atoms with van der Waals surface area (Å²) in [5, 5.41) is 5.39. The first-order chi connectivity index (χ1) is 27.1. The number of benzene rings is 6. The molecule has 2 heterocycles. The molecule has 0 unspecified atom stereocenters. The smallest absolute Gasteiger partial charge is 0.0497 e. The summed E-state index contributed by atoms with van der Waals surface area (Å²) in [6.45, 7) is 11.1. The second-order valence-electron chi connectivity index (χ2n) is 16.2. The Bertz CT molecular complexity index is 2480. The minimum absolute atomic E-state index is 0.00298. The lowest BCUT2D eigenvalue weighted by Gasteiger charge is -2.33. The minimum Gasteiger partial charge on any atom is -0.341 e. The van der Waals surface area contributed by atoms with Gasteiger partial charge in [-0.3, -0.25) is 0 Å². The highest BCUT2D eigenvalue weighted by molar-refractivity contribution is 6.10. The van der Waals surface area contributed by atoms with E-state index in [0.29, 0.717) is 0 Å². The van der Waals surface area contributed by atoms with Gasteiger partial charge < -0.3 is 9.13 Å². The zero-order valence-corrected chi connectivity index (χ0v) is 33.4. The Morgan fingerprint density at radius 3 is 1.22 bits per heavy atom. The molecule has 2 heteroatoms. The number of aromatic nitrogens is 2. The normalized spacial score (nSPS) is 13.4. The maximum atomic E-state index is 2.61. The van der Waals surface area contributed by atoms with Crippen LogP contribution >= 0.6 is 0 Å². The molecule has 0 saturated carbocycles. The number of para-hydroxylation sites is 2. The van der Waals surface area contributed by atoms with Crippen molar-refractivity contribution in [2.75, 3.05) is 0 Å². The quantitative estimate of drug-likeness (QED) is 0.0990. The van der Waals surface area contributed by atoms with E-state index in [1.807, 2.05) is 0 Å². The summed E-state index contributed by atoms with van der Waals surface area (Å²) in [6.07, 6.45) is 12.7. The van der Waals surface area contributed by atoms with Gasteiger partial charge in [0, 0.05) is 62.1 Å². The van der Waals surface area contributed by atoms with Crippen LogP contribution < -0.4 is 0 Å². The Labute approximate surface area is 327 Å². The maximum absolute atomic E-state index is 2.61. The second kappa shape index (κ2) is 14.9. The van der Waals surface area contributed by atoms with Crippen molar-refractivity contribution in [1.29, 1.82) is 0 Å². The zero-order valence-electron chi connectivity index (χ0n) is 33.4. The van der Waals surface area contributed by atoms with Crippen molar-refractivity contribution >= 4 is 43.6 Å². The average molecular weight is 721 g/mol. The van der Waals surface area contributed by atoms with Gasteiger partial charge in [-0.15, -0.1) is 0 Å². The van der Waals surface area contributed by atoms with Gasteiger partial charge >= 0.3 is 0 Å². The van der Waals surface area contributed by atoms with Gasteiger partial charge in [0.05, 0.1) is 0 Å². The van der Waals surface area contributed by atoms with E-state index in [4.69, 9.17) is 0 Å². The van der Waals surface area contributed by atoms with Crippen LogP contribution in [0.2, 0.25) is 0 Å². The lowest BCUT2D eigenvalue weighted by molar-refractivity contribution is 0.401. The minimum atomic E-state index is 0.00298. The van der Waals surface area contributed by atoms with Crippen molar-refractivity contribution in [3.8, 4) is 33.4 Å². The molecule has 2 nitrogen and oxygen atoms in total. The molecule has 0 amide bonds. The lowest BCUT2D eigenvalue weighted by Crippen LogP contribution is -2.25. The molecule has 0 aliphatic heterocycles. The Morgan fingerprint density at radius 1 is 0.382 bits per heavy atom. The zero-order chi connectivity index (χ0) is 37.5. The van der Waals surface area contributed by atoms with E-state index >= 15 is 0 Å². The summed E-state index contributed by atoms with van der Waals surface area (Å²) in [6, 6.07) is 47.1. The van der Waals surface area contributed by atoms with E-state index in [-0.39, 0.29) is 5.41 Å². The molecule has 8 aromatic rings. The molecule has 0 fully saturated rings. The topological polar surface area (TPSA) is 9.86 Å². The van der Waals surface area contributed by atoms with E-state index in [9.17, 15) is 0 Å². The summed E-state index contributed by atoms with van der Waals surface area (Å²) in [4.78, 5) is 0. The van der Waals surface area contributed by atoms with Crippen LogP contribution in [0.5, 0.6) is 0 Å². The van der Waals surface area contributed by atoms with Crippen molar-refractivity contribution in [2.45, 2.75) is 110 Å². The van der Waals surface area contributed by atoms with Gasteiger partial charge in [0.2, 0.25) is 0 Å². The van der Waals surface area contributed by atoms with E-state index in [1.165, 1.54) is 141 Å². The third kappa shape index (κ3) is 5.92. The van der Waals surface area contributed by atoms with Crippen molar-refractivity contribution in [2.24, 2.45) is 0 Å². The monoisotopic (exact) mass is 720 g/mol. The molecule has 0 saturated heterocycles. The molecule has 55 heavy (non-hydrogen) atoms. The standard InChI is InChI=1S/C53H56N2/c1-5-9-11-17-31-53(32-18-12-10-6-2)47-33-37(39-25-29-45-43-19-13-15-21-49(43)54(7-3)51(45)35-39)23-27-41(47)42-28-24-38(34-48(42)53)40-26-30-46-44-20-14-16-22-50(44)55(8-4)52(46)36-40/h13-16,19-30,33-36H,5-12,17-18,31-32H2,1-4H3. The number of aryl methyl sites for hydroxylation is 2. The first kappa shape index (κ1) is 35.6. The highest BCUT2D eigenvalue weighted by Gasteiger charge is 2.42. The molecule has 0 atom stereocenters. The average Bonchev–Trinajstić information content (AvgIpc) is 3.83. The number of nitrogens with zero attached hydrogens (tertiary/aromatic N) is 2. The van der Waals surface area contributed by atoms with Gasteiger partial charge in [-0.05, 0) is 108 Å². The van der Waals surface area contributed by atoms with E-state index in [0.717, 1.165) is 13.1 Å². The van der Waals surface area contributed by atoms with Crippen LogP contribution in [0.3, 0.4) is 0 Å². The summed E-state index contributed by atoms with van der Waals surface area (Å²) < 4.78 is 4.98. The Kier molecular flexibility index (Phi) is 9.63. The summed E-state index contributed by atoms with van der Waals surface area (Å²) in [5.41, 5.74) is 16.6. The number of unbranched alkanes of at least 4 members (excludes halogenated alkanes) is 6. The van der Waals surface area contributed by atoms with Crippen LogP contribution in [-0.4, -0.2) is 9.13 Å². The van der Waals surface area contributed by atoms with Crippen LogP contribution in [0, 0.1) is 0 Å². The van der Waals surface area contributed by atoms with E-state index in [1.54, 1.807) is 11.1 Å². The van der Waals surface area contributed by atoms with Crippen molar-refractivity contribution in [1.82, 2.24) is 9.13 Å². The largest absolute Gasteiger partial charge is 0.341 e. The predicted octanol–water partition coefficient (Wildman–Crippen LogP) is 15.5. The molecule has 0 bridgehead atoms. The Morgan fingerprint density at radius 2 is 0.782 bits per heavy atom. The summed E-state index contributed by atoms with van der Waals surface area (Å²) in [7, 11) is 0. The van der Waals surface area contributed by atoms with Crippen LogP contribution in [0.25, 0.3) is 77.0 Å². The molecule has 1 aliphatic rings. The molecule has 278 valence electrons. The molecule has 9 rings (SSSR count). The van der Waals surface area contributed by atoms with Crippen LogP contribution in [0.4, 0.5) is 0 Å². The van der Waals surface area contributed by atoms with Crippen LogP contribution in [0.15, 0.2) is 121 Å². The fourth-order valence-electron chi connectivity index (χ4n) is 10.4. The third-order valence-electron chi connectivity index (χ3n) is 13.1. The highest BCUT2D eigenvalue weighted by atomic mass is 15.0. The number of hydrogen-bond acceptors (Lipinski definition) is 0. The van der Waals surface area contributed by atoms with Gasteiger partial charge in [0.1, 0.15) is 0 Å². The van der Waals surface area contributed by atoms with Crippen molar-refractivity contribution in [3.63, 3.8) is 0 Å². The molecule has 6 aromatic carbocycles. The Hall–Kier alpha value is -5.08. The van der Waals surface area contributed by atoms with Gasteiger partial charge in [0.15, 0.2) is 0 Å². The molecule has 0 radical (unpaired) electrons. The lowest BCUT2D eigenvalue weighted by atomic mass is 9.70. The number of hydrogen-bond donors (Lipinski definition) is 0. The first-order valence-electron chi connectivity index (χ1n) is 21.4. The molecule has 2 aromatic heterocycles. The third-order valence-corrected chi connectivity index (χ3v) is 13.1. The van der Waals surface area contributed by atoms with Gasteiger partial charge in [-0.2, -0.15) is 0 Å². The maximum Gasteiger partial charge on any atom is 0.0497 e. The SMILES string of the molecule is CCCCCCC1(CCCCCC)c2cc(-c3ccc4c5ccccc5n(CC)c4c3)ccc2-c2ccc(-c3ccc4c5ccccc5n(CC)c4c3)cc21. The molecule has 0 N–H and O–H groups in total. The van der Waals surface area contributed by atoms with E-state index in [2.05, 4.69) is 158 Å². The fourth-order valence-corrected chi connectivity index (χ4v) is 10.4. The van der Waals surface area contributed by atoms with Gasteiger partial charge in [-0.1, -0.05) is 150 Å². The fraction of sp³-hybridized carbons (Fsp3) is 0.321. The van der Waals surface area contributed by atoms with Crippen molar-refractivity contribution in [3.05, 3.63) is 132 Å². The van der Waals surface area contributed by atoms with Crippen LogP contribution in [-0.2, 0) is 18.5 Å². The molecular weight excluding hydrogens is 665 g/mol. The number of fused-ring (bicyclic) bond motifs is 9. The predicted molar refractivity (Wildman–Crippen MR) is 238 cm³/mol. The van der Waals surface area contributed by atoms with Gasteiger partial charge in [0.25, 0.3) is 0 Å². The summed E-state index contributed by atoms with van der Waals surface area (Å²) in [5.74, 6) is 0. The highest BCUT2D eigenvalue weighted by Crippen LogP contribution is 2.56. The summed E-state index contributed by atoms with van der Waals surface area (Å²) >= 11 is 0. The van der Waals surface area contributed by atoms with Crippen LogP contribution in [0.1, 0.15) is 103 Å². The second-order valence-corrected chi connectivity index (χ2v) is 16.2. The molecule has 1 aliphatic carbocycles. The first-order valence-corrected chi connectivity index (χ1v) is 21.4. The van der Waals surface area contributed by atoms with Gasteiger partial charge in [-0.25, -0.2) is 0 Å². The van der Waals surface area contributed by atoms with E-state index < -0.39 is 0 Å². The number of rotatable bonds is 14. The van der Waals surface area contributed by atoms with Crippen molar-refractivity contribution < 1.29 is 0 Å². The molecule has 0 spiro atoms. The Balaban J connectivity index is 1.19. The molecular formula is C53H56N2.